The van der Waals surface area contributed by atoms with E-state index < -0.39 is 4.92 Å². The normalized spacial score (nSPS) is 10.9. The highest BCUT2D eigenvalue weighted by atomic mass is 35.5. The molecule has 172 valence electrons. The molecule has 1 N–H and O–H groups in total. The summed E-state index contributed by atoms with van der Waals surface area (Å²) < 4.78 is 11.5. The van der Waals surface area contributed by atoms with Gasteiger partial charge in [-0.3, -0.25) is 10.1 Å². The highest BCUT2D eigenvalue weighted by Crippen LogP contribution is 2.37. The highest BCUT2D eigenvalue weighted by Gasteiger charge is 2.13. The lowest BCUT2D eigenvalue weighted by Gasteiger charge is -2.14. The summed E-state index contributed by atoms with van der Waals surface area (Å²) >= 11 is 18.8. The summed E-state index contributed by atoms with van der Waals surface area (Å²) in [5, 5.41) is 16.5. The zero-order valence-electron chi connectivity index (χ0n) is 17.6. The fourth-order valence-corrected chi connectivity index (χ4v) is 3.69. The minimum Gasteiger partial charge on any atom is -0.490 e. The van der Waals surface area contributed by atoms with E-state index in [-0.39, 0.29) is 12.3 Å². The Labute approximate surface area is 206 Å². The van der Waals surface area contributed by atoms with E-state index >= 15 is 0 Å². The maximum absolute atomic E-state index is 10.8. The van der Waals surface area contributed by atoms with Crippen LogP contribution in [0, 0.1) is 10.1 Å². The van der Waals surface area contributed by atoms with Crippen molar-refractivity contribution in [2.75, 3.05) is 6.61 Å². The molecule has 0 heterocycles. The number of ether oxygens (including phenoxy) is 2. The molecule has 0 bridgehead atoms. The van der Waals surface area contributed by atoms with Gasteiger partial charge < -0.3 is 14.9 Å². The summed E-state index contributed by atoms with van der Waals surface area (Å²) in [5.41, 5.74) is 5.13. The molecule has 0 radical (unpaired) electrons. The van der Waals surface area contributed by atoms with Gasteiger partial charge >= 0.3 is 0 Å². The molecule has 7 nitrogen and oxygen atoms in total. The first-order valence-corrected chi connectivity index (χ1v) is 11.0. The lowest BCUT2D eigenvalue weighted by molar-refractivity contribution is -0.384. The van der Waals surface area contributed by atoms with E-state index in [0.29, 0.717) is 45.3 Å². The summed E-state index contributed by atoms with van der Waals surface area (Å²) in [6.45, 7) is 2.79. The van der Waals surface area contributed by atoms with Gasteiger partial charge in [-0.25, -0.2) is 0 Å². The molecule has 0 unspecified atom stereocenters. The topological polar surface area (TPSA) is 86.0 Å². The van der Waals surface area contributed by atoms with Crippen LogP contribution in [0.1, 0.15) is 23.6 Å². The Morgan fingerprint density at radius 2 is 1.73 bits per heavy atom. The van der Waals surface area contributed by atoms with Gasteiger partial charge in [0.15, 0.2) is 11.5 Å². The second kappa shape index (κ2) is 11.7. The molecule has 0 amide bonds. The van der Waals surface area contributed by atoms with Crippen molar-refractivity contribution in [3.8, 4) is 11.5 Å². The summed E-state index contributed by atoms with van der Waals surface area (Å²) in [7, 11) is 0. The third kappa shape index (κ3) is 6.74. The van der Waals surface area contributed by atoms with Crippen LogP contribution in [0.3, 0.4) is 0 Å². The number of nitrogens with zero attached hydrogens (tertiary/aromatic N) is 2. The molecule has 0 aliphatic rings. The van der Waals surface area contributed by atoms with Crippen molar-refractivity contribution in [2.45, 2.75) is 20.1 Å². The molecule has 10 heteroatoms. The zero-order valence-corrected chi connectivity index (χ0v) is 19.8. The lowest BCUT2D eigenvalue weighted by Crippen LogP contribution is -2.07. The van der Waals surface area contributed by atoms with Gasteiger partial charge in [-0.05, 0) is 54.4 Å². The van der Waals surface area contributed by atoms with Gasteiger partial charge in [0, 0.05) is 27.7 Å². The Balaban J connectivity index is 1.69. The van der Waals surface area contributed by atoms with Crippen molar-refractivity contribution in [1.29, 1.82) is 0 Å². The second-order valence-corrected chi connectivity index (χ2v) is 7.99. The second-order valence-electron chi connectivity index (χ2n) is 6.77. The van der Waals surface area contributed by atoms with E-state index in [1.54, 1.807) is 48.7 Å². The fraction of sp³-hybridized carbons (Fsp3) is 0.174. The number of hydrogen-bond acceptors (Lipinski definition) is 6. The standard InChI is InChI=1S/C23H20Cl3N3O4/c1-2-32-22-11-16(12-27-28-13-18-19(24)4-3-5-20(18)25)10-21(26)23(22)33-14-15-6-8-17(9-7-15)29(30)31/h3-12,28H,2,13-14H2,1H3/b27-12+. The first-order chi connectivity index (χ1) is 15.9. The molecule has 0 atom stereocenters. The smallest absolute Gasteiger partial charge is 0.269 e. The van der Waals surface area contributed by atoms with Crippen LogP contribution >= 0.6 is 34.8 Å². The van der Waals surface area contributed by atoms with Crippen LogP contribution in [0.4, 0.5) is 5.69 Å². The molecule has 3 aromatic rings. The minimum atomic E-state index is -0.452. The summed E-state index contributed by atoms with van der Waals surface area (Å²) in [4.78, 5) is 10.3. The highest BCUT2D eigenvalue weighted by molar-refractivity contribution is 6.36. The van der Waals surface area contributed by atoms with E-state index in [4.69, 9.17) is 44.3 Å². The minimum absolute atomic E-state index is 0.0147. The summed E-state index contributed by atoms with van der Waals surface area (Å²) in [6.07, 6.45) is 1.60. The molecule has 0 aliphatic heterocycles. The van der Waals surface area contributed by atoms with Crippen molar-refractivity contribution in [2.24, 2.45) is 5.10 Å². The van der Waals surface area contributed by atoms with Crippen LogP contribution in [0.2, 0.25) is 15.1 Å². The average Bonchev–Trinajstić information content (AvgIpc) is 2.78. The fourth-order valence-electron chi connectivity index (χ4n) is 2.88. The van der Waals surface area contributed by atoms with Crippen molar-refractivity contribution in [3.63, 3.8) is 0 Å². The Bertz CT molecular complexity index is 1130. The Morgan fingerprint density at radius 1 is 1.03 bits per heavy atom. The van der Waals surface area contributed by atoms with Gasteiger partial charge in [0.25, 0.3) is 5.69 Å². The van der Waals surface area contributed by atoms with Crippen LogP contribution in [0.25, 0.3) is 0 Å². The number of nitro benzene ring substituents is 1. The van der Waals surface area contributed by atoms with Crippen LogP contribution in [0.15, 0.2) is 59.7 Å². The number of rotatable bonds is 10. The van der Waals surface area contributed by atoms with Gasteiger partial charge in [0.2, 0.25) is 0 Å². The van der Waals surface area contributed by atoms with Gasteiger partial charge in [0.05, 0.1) is 29.3 Å². The molecule has 0 fully saturated rings. The Morgan fingerprint density at radius 3 is 2.36 bits per heavy atom. The van der Waals surface area contributed by atoms with E-state index in [1.165, 1.54) is 12.1 Å². The van der Waals surface area contributed by atoms with Crippen LogP contribution < -0.4 is 14.9 Å². The monoisotopic (exact) mass is 507 g/mol. The molecular weight excluding hydrogens is 489 g/mol. The largest absolute Gasteiger partial charge is 0.490 e. The average molecular weight is 509 g/mol. The lowest BCUT2D eigenvalue weighted by atomic mass is 10.2. The number of non-ortho nitro benzene ring substituents is 1. The Kier molecular flexibility index (Phi) is 8.77. The number of hydrogen-bond donors (Lipinski definition) is 1. The predicted octanol–water partition coefficient (Wildman–Crippen LogP) is 6.66. The van der Waals surface area contributed by atoms with Crippen LogP contribution in [-0.2, 0) is 13.2 Å². The first kappa shape index (κ1) is 24.6. The summed E-state index contributed by atoms with van der Waals surface area (Å²) in [5.74, 6) is 0.840. The zero-order chi connectivity index (χ0) is 23.8. The molecule has 0 saturated carbocycles. The van der Waals surface area contributed by atoms with E-state index in [0.717, 1.165) is 11.1 Å². The molecule has 3 aromatic carbocycles. The molecule has 0 aliphatic carbocycles. The molecule has 0 aromatic heterocycles. The van der Waals surface area contributed by atoms with Gasteiger partial charge in [-0.15, -0.1) is 0 Å². The molecule has 0 saturated heterocycles. The number of nitrogens with one attached hydrogen (secondary N) is 1. The number of benzene rings is 3. The first-order valence-electron chi connectivity index (χ1n) is 9.90. The molecule has 33 heavy (non-hydrogen) atoms. The van der Waals surface area contributed by atoms with Crippen molar-refractivity contribution in [1.82, 2.24) is 5.43 Å². The third-order valence-electron chi connectivity index (χ3n) is 4.48. The van der Waals surface area contributed by atoms with Crippen LogP contribution in [-0.4, -0.2) is 17.7 Å². The van der Waals surface area contributed by atoms with Crippen LogP contribution in [0.5, 0.6) is 11.5 Å². The maximum Gasteiger partial charge on any atom is 0.269 e. The van der Waals surface area contributed by atoms with Crippen molar-refractivity contribution in [3.05, 3.63) is 96.5 Å². The molecular formula is C23H20Cl3N3O4. The number of hydrazone groups is 1. The SMILES string of the molecule is CCOc1cc(/C=N/NCc2c(Cl)cccc2Cl)cc(Cl)c1OCc1ccc([N+](=O)[O-])cc1. The number of halogens is 3. The predicted molar refractivity (Wildman–Crippen MR) is 131 cm³/mol. The van der Waals surface area contributed by atoms with E-state index in [2.05, 4.69) is 10.5 Å². The number of nitro groups is 1. The third-order valence-corrected chi connectivity index (χ3v) is 5.47. The van der Waals surface area contributed by atoms with Gasteiger partial charge in [-0.1, -0.05) is 40.9 Å². The van der Waals surface area contributed by atoms with E-state index in [9.17, 15) is 10.1 Å². The molecule has 0 spiro atoms. The Hall–Kier alpha value is -3.00. The van der Waals surface area contributed by atoms with Crippen molar-refractivity contribution < 1.29 is 14.4 Å². The summed E-state index contributed by atoms with van der Waals surface area (Å²) in [6, 6.07) is 14.9. The van der Waals surface area contributed by atoms with E-state index in [1.807, 2.05) is 6.92 Å². The molecule has 3 rings (SSSR count). The van der Waals surface area contributed by atoms with Gasteiger partial charge in [0.1, 0.15) is 6.61 Å². The van der Waals surface area contributed by atoms with Crippen molar-refractivity contribution >= 4 is 46.7 Å². The quantitative estimate of drug-likeness (QED) is 0.188. The maximum atomic E-state index is 10.8. The van der Waals surface area contributed by atoms with Gasteiger partial charge in [-0.2, -0.15) is 5.10 Å².